The van der Waals surface area contributed by atoms with E-state index in [1.165, 1.54) is 4.80 Å². The molecule has 0 amide bonds. The van der Waals surface area contributed by atoms with Crippen LogP contribution in [0.15, 0.2) is 5.16 Å². The molecule has 0 saturated carbocycles. The standard InChI is InChI=1S/C8H17N7O/c1-6(4-7(9)12-16)14(2)5-8-10-13-15(3)11-8/h6,16H,4-5H2,1-3H3,(H2,9,12). The summed E-state index contributed by atoms with van der Waals surface area (Å²) in [5, 5.41) is 23.1. The summed E-state index contributed by atoms with van der Waals surface area (Å²) in [5.74, 6) is 0.864. The summed E-state index contributed by atoms with van der Waals surface area (Å²) in [4.78, 5) is 3.42. The predicted octanol–water partition coefficient (Wildman–Crippen LogP) is -0.833. The second kappa shape index (κ2) is 5.40. The number of aromatic nitrogens is 4. The monoisotopic (exact) mass is 227 g/mol. The van der Waals surface area contributed by atoms with Crippen LogP contribution in [0.4, 0.5) is 0 Å². The highest BCUT2D eigenvalue weighted by atomic mass is 16.4. The fourth-order valence-corrected chi connectivity index (χ4v) is 1.26. The fraction of sp³-hybridized carbons (Fsp3) is 0.750. The Morgan fingerprint density at radius 2 is 2.38 bits per heavy atom. The lowest BCUT2D eigenvalue weighted by molar-refractivity contribution is 0.245. The summed E-state index contributed by atoms with van der Waals surface area (Å²) < 4.78 is 0. The van der Waals surface area contributed by atoms with Crippen LogP contribution in [0.2, 0.25) is 0 Å². The molecule has 0 spiro atoms. The molecule has 0 aliphatic carbocycles. The zero-order valence-corrected chi connectivity index (χ0v) is 9.70. The molecular formula is C8H17N7O. The molecule has 0 bridgehead atoms. The molecule has 0 aromatic carbocycles. The molecule has 1 rings (SSSR count). The number of nitrogens with two attached hydrogens (primary N) is 1. The van der Waals surface area contributed by atoms with Gasteiger partial charge in [-0.15, -0.1) is 10.2 Å². The first kappa shape index (κ1) is 12.4. The van der Waals surface area contributed by atoms with Gasteiger partial charge < -0.3 is 10.9 Å². The smallest absolute Gasteiger partial charge is 0.188 e. The minimum Gasteiger partial charge on any atom is -0.409 e. The Kier molecular flexibility index (Phi) is 4.18. The molecule has 0 aliphatic heterocycles. The first-order valence-electron chi connectivity index (χ1n) is 4.92. The van der Waals surface area contributed by atoms with E-state index in [0.29, 0.717) is 18.8 Å². The summed E-state index contributed by atoms with van der Waals surface area (Å²) >= 11 is 0. The molecular weight excluding hydrogens is 210 g/mol. The normalized spacial score (nSPS) is 14.4. The Balaban J connectivity index is 2.48. The molecule has 1 aromatic rings. The third-order valence-corrected chi connectivity index (χ3v) is 2.33. The maximum Gasteiger partial charge on any atom is 0.188 e. The van der Waals surface area contributed by atoms with Crippen LogP contribution in [-0.4, -0.2) is 49.2 Å². The van der Waals surface area contributed by atoms with E-state index in [4.69, 9.17) is 10.9 Å². The van der Waals surface area contributed by atoms with E-state index in [0.717, 1.165) is 0 Å². The maximum absolute atomic E-state index is 8.46. The van der Waals surface area contributed by atoms with Crippen LogP contribution in [0.1, 0.15) is 19.2 Å². The third kappa shape index (κ3) is 3.46. The van der Waals surface area contributed by atoms with Gasteiger partial charge in [-0.3, -0.25) is 4.90 Å². The number of nitrogens with zero attached hydrogens (tertiary/aromatic N) is 6. The van der Waals surface area contributed by atoms with Crippen LogP contribution in [-0.2, 0) is 13.6 Å². The summed E-state index contributed by atoms with van der Waals surface area (Å²) in [7, 11) is 3.64. The van der Waals surface area contributed by atoms with Gasteiger partial charge in [-0.2, -0.15) is 4.80 Å². The Morgan fingerprint density at radius 1 is 1.69 bits per heavy atom. The average Bonchev–Trinajstić information content (AvgIpc) is 2.63. The van der Waals surface area contributed by atoms with E-state index in [1.54, 1.807) is 7.05 Å². The number of hydrogen-bond donors (Lipinski definition) is 2. The summed E-state index contributed by atoms with van der Waals surface area (Å²) in [6.07, 6.45) is 0.493. The van der Waals surface area contributed by atoms with Gasteiger partial charge in [0.2, 0.25) is 0 Å². The zero-order chi connectivity index (χ0) is 12.1. The quantitative estimate of drug-likeness (QED) is 0.294. The van der Waals surface area contributed by atoms with E-state index in [-0.39, 0.29) is 11.9 Å². The Bertz CT molecular complexity index is 361. The molecule has 0 radical (unpaired) electrons. The second-order valence-corrected chi connectivity index (χ2v) is 3.75. The number of amidine groups is 1. The molecule has 1 aromatic heterocycles. The molecule has 8 nitrogen and oxygen atoms in total. The lowest BCUT2D eigenvalue weighted by Gasteiger charge is -2.22. The first-order chi connectivity index (χ1) is 7.52. The molecule has 1 atom stereocenters. The van der Waals surface area contributed by atoms with Crippen LogP contribution in [0.5, 0.6) is 0 Å². The highest BCUT2D eigenvalue weighted by molar-refractivity contribution is 5.80. The lowest BCUT2D eigenvalue weighted by atomic mass is 10.2. The van der Waals surface area contributed by atoms with Crippen LogP contribution in [0.25, 0.3) is 0 Å². The molecule has 0 saturated heterocycles. The van der Waals surface area contributed by atoms with Gasteiger partial charge in [0.1, 0.15) is 5.84 Å². The van der Waals surface area contributed by atoms with Crippen molar-refractivity contribution in [1.82, 2.24) is 25.1 Å². The molecule has 8 heteroatoms. The van der Waals surface area contributed by atoms with Gasteiger partial charge in [0, 0.05) is 12.5 Å². The van der Waals surface area contributed by atoms with Crippen LogP contribution in [0, 0.1) is 0 Å². The molecule has 16 heavy (non-hydrogen) atoms. The van der Waals surface area contributed by atoms with Crippen molar-refractivity contribution < 1.29 is 5.21 Å². The van der Waals surface area contributed by atoms with Gasteiger partial charge in [-0.05, 0) is 19.2 Å². The van der Waals surface area contributed by atoms with E-state index >= 15 is 0 Å². The van der Waals surface area contributed by atoms with Crippen molar-refractivity contribution in [2.75, 3.05) is 7.05 Å². The van der Waals surface area contributed by atoms with Gasteiger partial charge in [-0.25, -0.2) is 0 Å². The van der Waals surface area contributed by atoms with Crippen LogP contribution < -0.4 is 5.73 Å². The van der Waals surface area contributed by atoms with Crippen molar-refractivity contribution >= 4 is 5.84 Å². The molecule has 0 fully saturated rings. The number of hydrogen-bond acceptors (Lipinski definition) is 6. The molecule has 1 unspecified atom stereocenters. The minimum atomic E-state index is 0.139. The van der Waals surface area contributed by atoms with Gasteiger partial charge in [-0.1, -0.05) is 5.16 Å². The minimum absolute atomic E-state index is 0.139. The molecule has 3 N–H and O–H groups in total. The Hall–Kier alpha value is -1.70. The molecule has 1 heterocycles. The SMILES string of the molecule is CC(CC(N)=NO)N(C)Cc1nnn(C)n1. The number of tetrazole rings is 1. The third-order valence-electron chi connectivity index (χ3n) is 2.33. The number of aryl methyl sites for hydroxylation is 1. The molecule has 0 aliphatic rings. The number of rotatable bonds is 5. The van der Waals surface area contributed by atoms with Crippen molar-refractivity contribution in [2.45, 2.75) is 25.9 Å². The fourth-order valence-electron chi connectivity index (χ4n) is 1.26. The lowest BCUT2D eigenvalue weighted by Crippen LogP contribution is -2.33. The van der Waals surface area contributed by atoms with Crippen molar-refractivity contribution in [3.63, 3.8) is 0 Å². The van der Waals surface area contributed by atoms with Crippen molar-refractivity contribution in [3.05, 3.63) is 5.82 Å². The van der Waals surface area contributed by atoms with Gasteiger partial charge in [0.15, 0.2) is 5.82 Å². The highest BCUT2D eigenvalue weighted by Crippen LogP contribution is 2.04. The largest absolute Gasteiger partial charge is 0.409 e. The predicted molar refractivity (Wildman–Crippen MR) is 57.8 cm³/mol. The van der Waals surface area contributed by atoms with Gasteiger partial charge in [0.25, 0.3) is 0 Å². The molecule has 90 valence electrons. The Morgan fingerprint density at radius 3 is 2.88 bits per heavy atom. The number of oxime groups is 1. The second-order valence-electron chi connectivity index (χ2n) is 3.75. The Labute approximate surface area is 93.7 Å². The van der Waals surface area contributed by atoms with Crippen LogP contribution in [0.3, 0.4) is 0 Å². The van der Waals surface area contributed by atoms with Crippen molar-refractivity contribution in [3.8, 4) is 0 Å². The van der Waals surface area contributed by atoms with E-state index in [9.17, 15) is 0 Å². The summed E-state index contributed by atoms with van der Waals surface area (Å²) in [6, 6.07) is 0.139. The van der Waals surface area contributed by atoms with E-state index in [1.807, 2.05) is 18.9 Å². The topological polar surface area (TPSA) is 105 Å². The highest BCUT2D eigenvalue weighted by Gasteiger charge is 2.13. The zero-order valence-electron chi connectivity index (χ0n) is 9.70. The summed E-state index contributed by atoms with van der Waals surface area (Å²) in [6.45, 7) is 2.56. The first-order valence-corrected chi connectivity index (χ1v) is 4.92. The van der Waals surface area contributed by atoms with Crippen LogP contribution >= 0.6 is 0 Å². The van der Waals surface area contributed by atoms with E-state index < -0.39 is 0 Å². The van der Waals surface area contributed by atoms with Crippen molar-refractivity contribution in [2.24, 2.45) is 17.9 Å². The van der Waals surface area contributed by atoms with E-state index in [2.05, 4.69) is 20.6 Å². The maximum atomic E-state index is 8.46. The van der Waals surface area contributed by atoms with Crippen molar-refractivity contribution in [1.29, 1.82) is 0 Å². The van der Waals surface area contributed by atoms with Gasteiger partial charge >= 0.3 is 0 Å². The van der Waals surface area contributed by atoms with Gasteiger partial charge in [0.05, 0.1) is 13.6 Å². The summed E-state index contributed by atoms with van der Waals surface area (Å²) in [5.41, 5.74) is 5.43. The average molecular weight is 227 g/mol.